The summed E-state index contributed by atoms with van der Waals surface area (Å²) in [5.74, 6) is 1.07. The molecular formula is C23H33N3O3. The molecule has 3 rings (SSSR count). The molecule has 6 heteroatoms. The molecule has 0 spiro atoms. The molecule has 1 fully saturated rings. The fourth-order valence-electron chi connectivity index (χ4n) is 4.30. The lowest BCUT2D eigenvalue weighted by molar-refractivity contribution is 0.0925. The van der Waals surface area contributed by atoms with E-state index in [9.17, 15) is 4.79 Å². The zero-order valence-electron chi connectivity index (χ0n) is 18.3. The average molecular weight is 400 g/mol. The molecular weight excluding hydrogens is 366 g/mol. The third-order valence-electron chi connectivity index (χ3n) is 5.81. The van der Waals surface area contributed by atoms with E-state index in [2.05, 4.69) is 40.3 Å². The number of benzene rings is 1. The molecule has 1 aromatic heterocycles. The standard InChI is InChI=1S/C23H33N3O3/c1-17-14-22(19(3)26(17)18(2)16-28-4)23(27)15-24-10-12-25(13-11-24)20-6-8-21(29-5)9-7-20/h6-9,14,18H,10-13,15-16H2,1-5H3/t18-/m1/s1. The van der Waals surface area contributed by atoms with Crippen LogP contribution in [0.25, 0.3) is 0 Å². The first-order chi connectivity index (χ1) is 13.9. The lowest BCUT2D eigenvalue weighted by Crippen LogP contribution is -2.48. The number of ether oxygens (including phenoxy) is 2. The lowest BCUT2D eigenvalue weighted by atomic mass is 10.1. The summed E-state index contributed by atoms with van der Waals surface area (Å²) in [4.78, 5) is 17.6. The van der Waals surface area contributed by atoms with Crippen molar-refractivity contribution in [3.8, 4) is 5.75 Å². The highest BCUT2D eigenvalue weighted by Gasteiger charge is 2.23. The molecule has 1 aromatic carbocycles. The van der Waals surface area contributed by atoms with Crippen LogP contribution < -0.4 is 9.64 Å². The Hall–Kier alpha value is -2.31. The van der Waals surface area contributed by atoms with Gasteiger partial charge in [-0.3, -0.25) is 9.69 Å². The number of ketones is 1. The summed E-state index contributed by atoms with van der Waals surface area (Å²) in [7, 11) is 3.39. The van der Waals surface area contributed by atoms with Crippen LogP contribution in [0.3, 0.4) is 0 Å². The maximum absolute atomic E-state index is 13.0. The highest BCUT2D eigenvalue weighted by atomic mass is 16.5. The summed E-state index contributed by atoms with van der Waals surface area (Å²) in [6.07, 6.45) is 0. The van der Waals surface area contributed by atoms with E-state index in [0.717, 1.165) is 48.9 Å². The molecule has 0 amide bonds. The van der Waals surface area contributed by atoms with Gasteiger partial charge in [0.2, 0.25) is 0 Å². The largest absolute Gasteiger partial charge is 0.497 e. The number of hydrogen-bond acceptors (Lipinski definition) is 5. The Morgan fingerprint density at radius 2 is 1.72 bits per heavy atom. The second-order valence-electron chi connectivity index (χ2n) is 7.84. The minimum absolute atomic E-state index is 0.201. The zero-order valence-corrected chi connectivity index (χ0v) is 18.3. The van der Waals surface area contributed by atoms with Crippen molar-refractivity contribution in [3.05, 3.63) is 47.3 Å². The van der Waals surface area contributed by atoms with Crippen LogP contribution in [0.5, 0.6) is 5.75 Å². The molecule has 0 bridgehead atoms. The number of rotatable bonds is 8. The Morgan fingerprint density at radius 1 is 1.07 bits per heavy atom. The molecule has 1 aliphatic rings. The summed E-state index contributed by atoms with van der Waals surface area (Å²) < 4.78 is 12.7. The number of anilines is 1. The van der Waals surface area contributed by atoms with E-state index in [-0.39, 0.29) is 11.8 Å². The molecule has 1 saturated heterocycles. The molecule has 0 radical (unpaired) electrons. The Labute approximate surface area is 174 Å². The average Bonchev–Trinajstić information content (AvgIpc) is 3.03. The number of nitrogens with zero attached hydrogens (tertiary/aromatic N) is 3. The van der Waals surface area contributed by atoms with Gasteiger partial charge < -0.3 is 18.9 Å². The predicted molar refractivity (Wildman–Crippen MR) is 116 cm³/mol. The number of carbonyl (C=O) groups is 1. The quantitative estimate of drug-likeness (QED) is 0.637. The van der Waals surface area contributed by atoms with Gasteiger partial charge in [0, 0.05) is 55.9 Å². The van der Waals surface area contributed by atoms with Crippen molar-refractivity contribution < 1.29 is 14.3 Å². The number of Topliss-reactive ketones (excluding diaryl/α,β-unsaturated/α-hetero) is 1. The van der Waals surface area contributed by atoms with Gasteiger partial charge in [-0.15, -0.1) is 0 Å². The van der Waals surface area contributed by atoms with Crippen molar-refractivity contribution >= 4 is 11.5 Å². The van der Waals surface area contributed by atoms with Gasteiger partial charge in [0.1, 0.15) is 5.75 Å². The van der Waals surface area contributed by atoms with E-state index in [1.54, 1.807) is 14.2 Å². The number of piperazine rings is 1. The van der Waals surface area contributed by atoms with E-state index in [1.165, 1.54) is 5.69 Å². The van der Waals surface area contributed by atoms with Gasteiger partial charge in [0.15, 0.2) is 5.78 Å². The maximum Gasteiger partial charge on any atom is 0.178 e. The monoisotopic (exact) mass is 399 g/mol. The van der Waals surface area contributed by atoms with Crippen molar-refractivity contribution in [2.75, 3.05) is 58.5 Å². The maximum atomic E-state index is 13.0. The van der Waals surface area contributed by atoms with Gasteiger partial charge in [0.25, 0.3) is 0 Å². The Bertz CT molecular complexity index is 821. The van der Waals surface area contributed by atoms with Gasteiger partial charge in [0.05, 0.1) is 26.3 Å². The van der Waals surface area contributed by atoms with Crippen LogP contribution in [0.4, 0.5) is 5.69 Å². The molecule has 0 saturated carbocycles. The first kappa shape index (κ1) is 21.4. The van der Waals surface area contributed by atoms with E-state index in [4.69, 9.17) is 9.47 Å². The molecule has 0 unspecified atom stereocenters. The fourth-order valence-corrected chi connectivity index (χ4v) is 4.30. The van der Waals surface area contributed by atoms with E-state index < -0.39 is 0 Å². The number of hydrogen-bond donors (Lipinski definition) is 0. The molecule has 29 heavy (non-hydrogen) atoms. The molecule has 6 nitrogen and oxygen atoms in total. The van der Waals surface area contributed by atoms with Gasteiger partial charge >= 0.3 is 0 Å². The summed E-state index contributed by atoms with van der Waals surface area (Å²) in [5, 5.41) is 0. The highest BCUT2D eigenvalue weighted by Crippen LogP contribution is 2.23. The van der Waals surface area contributed by atoms with Crippen LogP contribution in [0.1, 0.15) is 34.7 Å². The van der Waals surface area contributed by atoms with E-state index >= 15 is 0 Å². The van der Waals surface area contributed by atoms with Crippen LogP contribution in [0, 0.1) is 13.8 Å². The second kappa shape index (κ2) is 9.46. The van der Waals surface area contributed by atoms with Crippen molar-refractivity contribution in [1.82, 2.24) is 9.47 Å². The molecule has 0 N–H and O–H groups in total. The first-order valence-corrected chi connectivity index (χ1v) is 10.3. The van der Waals surface area contributed by atoms with Crippen molar-refractivity contribution in [2.24, 2.45) is 0 Å². The number of methoxy groups -OCH3 is 2. The molecule has 0 aliphatic carbocycles. The Kier molecular flexibility index (Phi) is 6.98. The topological polar surface area (TPSA) is 46.9 Å². The SMILES string of the molecule is COC[C@@H](C)n1c(C)cc(C(=O)CN2CCN(c3ccc(OC)cc3)CC2)c1C. The molecule has 2 heterocycles. The van der Waals surface area contributed by atoms with Crippen molar-refractivity contribution in [2.45, 2.75) is 26.8 Å². The van der Waals surface area contributed by atoms with Gasteiger partial charge in [-0.2, -0.15) is 0 Å². The summed E-state index contributed by atoms with van der Waals surface area (Å²) in [6, 6.07) is 10.4. The third kappa shape index (κ3) is 4.82. The third-order valence-corrected chi connectivity index (χ3v) is 5.81. The zero-order chi connectivity index (χ0) is 21.0. The Balaban J connectivity index is 1.59. The minimum atomic E-state index is 0.201. The number of carbonyl (C=O) groups excluding carboxylic acids is 1. The van der Waals surface area contributed by atoms with E-state index in [0.29, 0.717) is 13.2 Å². The summed E-state index contributed by atoms with van der Waals surface area (Å²) >= 11 is 0. The molecule has 1 aliphatic heterocycles. The number of aryl methyl sites for hydroxylation is 1. The smallest absolute Gasteiger partial charge is 0.178 e. The van der Waals surface area contributed by atoms with Crippen LogP contribution in [0.15, 0.2) is 30.3 Å². The normalized spacial score (nSPS) is 16.1. The molecule has 1 atom stereocenters. The first-order valence-electron chi connectivity index (χ1n) is 10.3. The van der Waals surface area contributed by atoms with Gasteiger partial charge in [-0.1, -0.05) is 0 Å². The predicted octanol–water partition coefficient (Wildman–Crippen LogP) is 3.33. The lowest BCUT2D eigenvalue weighted by Gasteiger charge is -2.35. The van der Waals surface area contributed by atoms with Crippen molar-refractivity contribution in [1.29, 1.82) is 0 Å². The Morgan fingerprint density at radius 3 is 2.31 bits per heavy atom. The second-order valence-corrected chi connectivity index (χ2v) is 7.84. The molecule has 2 aromatic rings. The van der Waals surface area contributed by atoms with Gasteiger partial charge in [-0.05, 0) is 51.1 Å². The summed E-state index contributed by atoms with van der Waals surface area (Å²) in [6.45, 7) is 10.9. The van der Waals surface area contributed by atoms with Gasteiger partial charge in [-0.25, -0.2) is 0 Å². The minimum Gasteiger partial charge on any atom is -0.497 e. The van der Waals surface area contributed by atoms with E-state index in [1.807, 2.05) is 25.1 Å². The van der Waals surface area contributed by atoms with Crippen molar-refractivity contribution in [3.63, 3.8) is 0 Å². The van der Waals surface area contributed by atoms with Crippen LogP contribution in [0.2, 0.25) is 0 Å². The fraction of sp³-hybridized carbons (Fsp3) is 0.522. The highest BCUT2D eigenvalue weighted by molar-refractivity contribution is 5.99. The van der Waals surface area contributed by atoms with Crippen LogP contribution in [-0.2, 0) is 4.74 Å². The summed E-state index contributed by atoms with van der Waals surface area (Å²) in [5.41, 5.74) is 4.18. The number of aromatic nitrogens is 1. The van der Waals surface area contributed by atoms with Crippen LogP contribution >= 0.6 is 0 Å². The molecule has 158 valence electrons. The van der Waals surface area contributed by atoms with Crippen LogP contribution in [-0.4, -0.2) is 68.8 Å².